The Kier molecular flexibility index (Phi) is 5.76. The van der Waals surface area contributed by atoms with Crippen molar-refractivity contribution >= 4 is 34.6 Å². The topological polar surface area (TPSA) is 84.3 Å². The van der Waals surface area contributed by atoms with Gasteiger partial charge in [0.2, 0.25) is 0 Å². The van der Waals surface area contributed by atoms with Gasteiger partial charge in [-0.2, -0.15) is 0 Å². The van der Waals surface area contributed by atoms with Gasteiger partial charge in [-0.3, -0.25) is 14.9 Å². The highest BCUT2D eigenvalue weighted by Crippen LogP contribution is 2.30. The molecular formula is C17H18ClN3O3. The molecule has 0 unspecified atom stereocenters. The summed E-state index contributed by atoms with van der Waals surface area (Å²) in [6, 6.07) is 9.44. The molecule has 0 bridgehead atoms. The van der Waals surface area contributed by atoms with Crippen molar-refractivity contribution in [2.75, 3.05) is 11.9 Å². The average molecular weight is 348 g/mol. The number of hydrogen-bond donors (Lipinski definition) is 2. The summed E-state index contributed by atoms with van der Waals surface area (Å²) in [4.78, 5) is 22.8. The first-order valence-corrected chi connectivity index (χ1v) is 7.90. The number of carbonyl (C=O) groups is 1. The summed E-state index contributed by atoms with van der Waals surface area (Å²) in [5, 5.41) is 17.5. The Bertz CT molecular complexity index is 778. The van der Waals surface area contributed by atoms with Gasteiger partial charge in [0.25, 0.3) is 11.6 Å². The van der Waals surface area contributed by atoms with Crippen LogP contribution >= 0.6 is 11.6 Å². The molecule has 0 fully saturated rings. The number of nitro benzene ring substituents is 1. The molecule has 0 aliphatic rings. The molecular weight excluding hydrogens is 330 g/mol. The number of non-ortho nitro benzene ring substituents is 1. The van der Waals surface area contributed by atoms with Crippen molar-refractivity contribution < 1.29 is 9.72 Å². The summed E-state index contributed by atoms with van der Waals surface area (Å²) in [7, 11) is 0. The van der Waals surface area contributed by atoms with Crippen LogP contribution in [0.5, 0.6) is 0 Å². The highest BCUT2D eigenvalue weighted by Gasteiger charge is 2.17. The van der Waals surface area contributed by atoms with E-state index in [2.05, 4.69) is 10.6 Å². The van der Waals surface area contributed by atoms with Gasteiger partial charge in [0, 0.05) is 29.4 Å². The molecule has 2 rings (SSSR count). The van der Waals surface area contributed by atoms with Crippen LogP contribution in [0.2, 0.25) is 5.02 Å². The molecule has 0 saturated carbocycles. The van der Waals surface area contributed by atoms with Gasteiger partial charge in [-0.15, -0.1) is 0 Å². The zero-order valence-corrected chi connectivity index (χ0v) is 14.2. The maximum absolute atomic E-state index is 12.3. The standard InChI is InChI=1S/C17H18ClN3O3/c1-3-9-19-17(22)13-8-7-12(21(23)24)10-16(13)20-15-6-4-5-14(18)11(15)2/h4-8,10,20H,3,9H2,1-2H3,(H,19,22). The third kappa shape index (κ3) is 4.02. The number of rotatable bonds is 6. The molecule has 24 heavy (non-hydrogen) atoms. The maximum atomic E-state index is 12.3. The third-order valence-corrected chi connectivity index (χ3v) is 3.94. The minimum absolute atomic E-state index is 0.0933. The van der Waals surface area contributed by atoms with E-state index in [0.29, 0.717) is 28.5 Å². The molecule has 0 aliphatic carbocycles. The molecule has 2 N–H and O–H groups in total. The van der Waals surface area contributed by atoms with E-state index in [9.17, 15) is 14.9 Å². The monoisotopic (exact) mass is 347 g/mol. The zero-order chi connectivity index (χ0) is 17.7. The molecule has 0 aliphatic heterocycles. The quantitative estimate of drug-likeness (QED) is 0.597. The lowest BCUT2D eigenvalue weighted by atomic mass is 10.1. The number of benzene rings is 2. The fourth-order valence-electron chi connectivity index (χ4n) is 2.17. The minimum Gasteiger partial charge on any atom is -0.354 e. The summed E-state index contributed by atoms with van der Waals surface area (Å²) in [6.45, 7) is 4.31. The van der Waals surface area contributed by atoms with Crippen LogP contribution in [0.25, 0.3) is 0 Å². The summed E-state index contributed by atoms with van der Waals surface area (Å²) in [5.41, 5.74) is 2.10. The minimum atomic E-state index is -0.496. The van der Waals surface area contributed by atoms with Gasteiger partial charge >= 0.3 is 0 Å². The van der Waals surface area contributed by atoms with E-state index >= 15 is 0 Å². The van der Waals surface area contributed by atoms with Crippen LogP contribution in [0.3, 0.4) is 0 Å². The molecule has 0 atom stereocenters. The highest BCUT2D eigenvalue weighted by atomic mass is 35.5. The van der Waals surface area contributed by atoms with Crippen LogP contribution in [-0.4, -0.2) is 17.4 Å². The van der Waals surface area contributed by atoms with Crippen molar-refractivity contribution in [2.45, 2.75) is 20.3 Å². The largest absolute Gasteiger partial charge is 0.354 e. The number of carbonyl (C=O) groups excluding carboxylic acids is 1. The molecule has 7 heteroatoms. The summed E-state index contributed by atoms with van der Waals surface area (Å²) in [6.07, 6.45) is 0.800. The molecule has 1 amide bonds. The van der Waals surface area contributed by atoms with Crippen molar-refractivity contribution in [3.63, 3.8) is 0 Å². The molecule has 0 saturated heterocycles. The predicted molar refractivity (Wildman–Crippen MR) is 95.2 cm³/mol. The van der Waals surface area contributed by atoms with E-state index in [4.69, 9.17) is 11.6 Å². The number of hydrogen-bond acceptors (Lipinski definition) is 4. The smallest absolute Gasteiger partial charge is 0.271 e. The summed E-state index contributed by atoms with van der Waals surface area (Å²) >= 11 is 6.11. The van der Waals surface area contributed by atoms with Gasteiger partial charge < -0.3 is 10.6 Å². The lowest BCUT2D eigenvalue weighted by Crippen LogP contribution is -2.24. The molecule has 2 aromatic carbocycles. The molecule has 126 valence electrons. The first-order valence-electron chi connectivity index (χ1n) is 7.52. The Morgan fingerprint density at radius 1 is 1.25 bits per heavy atom. The second kappa shape index (κ2) is 7.79. The number of amides is 1. The van der Waals surface area contributed by atoms with E-state index in [1.54, 1.807) is 18.2 Å². The second-order valence-corrected chi connectivity index (χ2v) is 5.69. The fourth-order valence-corrected chi connectivity index (χ4v) is 2.34. The van der Waals surface area contributed by atoms with Gasteiger partial charge in [0.1, 0.15) is 0 Å². The number of nitrogens with zero attached hydrogens (tertiary/aromatic N) is 1. The lowest BCUT2D eigenvalue weighted by Gasteiger charge is -2.14. The van der Waals surface area contributed by atoms with Crippen molar-refractivity contribution in [1.29, 1.82) is 0 Å². The van der Waals surface area contributed by atoms with E-state index in [1.165, 1.54) is 18.2 Å². The molecule has 0 aromatic heterocycles. The first kappa shape index (κ1) is 17.7. The Labute approximate surface area is 145 Å². The molecule has 6 nitrogen and oxygen atoms in total. The zero-order valence-electron chi connectivity index (χ0n) is 13.4. The normalized spacial score (nSPS) is 10.3. The van der Waals surface area contributed by atoms with Gasteiger partial charge in [-0.05, 0) is 37.1 Å². The van der Waals surface area contributed by atoms with Gasteiger partial charge in [0.15, 0.2) is 0 Å². The Morgan fingerprint density at radius 3 is 2.67 bits per heavy atom. The molecule has 0 heterocycles. The molecule has 0 spiro atoms. The third-order valence-electron chi connectivity index (χ3n) is 3.53. The summed E-state index contributed by atoms with van der Waals surface area (Å²) < 4.78 is 0. The van der Waals surface area contributed by atoms with Crippen LogP contribution in [0.15, 0.2) is 36.4 Å². The first-order chi connectivity index (χ1) is 11.4. The lowest BCUT2D eigenvalue weighted by molar-refractivity contribution is -0.384. The number of nitro groups is 1. The Morgan fingerprint density at radius 2 is 2.00 bits per heavy atom. The fraction of sp³-hybridized carbons (Fsp3) is 0.235. The Balaban J connectivity index is 2.44. The molecule has 0 radical (unpaired) electrons. The van der Waals surface area contributed by atoms with E-state index in [-0.39, 0.29) is 11.6 Å². The highest BCUT2D eigenvalue weighted by molar-refractivity contribution is 6.31. The van der Waals surface area contributed by atoms with Gasteiger partial charge in [-0.25, -0.2) is 0 Å². The van der Waals surface area contributed by atoms with E-state index in [0.717, 1.165) is 12.0 Å². The SMILES string of the molecule is CCCNC(=O)c1ccc([N+](=O)[O-])cc1Nc1cccc(Cl)c1C. The number of nitrogens with one attached hydrogen (secondary N) is 2. The van der Waals surface area contributed by atoms with Crippen LogP contribution < -0.4 is 10.6 Å². The van der Waals surface area contributed by atoms with Crippen LogP contribution in [-0.2, 0) is 0 Å². The Hall–Kier alpha value is -2.60. The van der Waals surface area contributed by atoms with Crippen molar-refractivity contribution in [2.24, 2.45) is 0 Å². The van der Waals surface area contributed by atoms with Gasteiger partial charge in [-0.1, -0.05) is 24.6 Å². The van der Waals surface area contributed by atoms with Crippen LogP contribution in [0.4, 0.5) is 17.1 Å². The van der Waals surface area contributed by atoms with E-state index in [1.807, 2.05) is 13.8 Å². The van der Waals surface area contributed by atoms with Gasteiger partial charge in [0.05, 0.1) is 16.2 Å². The predicted octanol–water partition coefficient (Wildman–Crippen LogP) is 4.44. The van der Waals surface area contributed by atoms with Crippen molar-refractivity contribution in [1.82, 2.24) is 5.32 Å². The average Bonchev–Trinajstić information content (AvgIpc) is 2.56. The summed E-state index contributed by atoms with van der Waals surface area (Å²) in [5.74, 6) is -0.283. The van der Waals surface area contributed by atoms with Crippen molar-refractivity contribution in [3.8, 4) is 0 Å². The van der Waals surface area contributed by atoms with Crippen LogP contribution in [0.1, 0.15) is 29.3 Å². The molecule has 2 aromatic rings. The second-order valence-electron chi connectivity index (χ2n) is 5.28. The van der Waals surface area contributed by atoms with Crippen LogP contribution in [0, 0.1) is 17.0 Å². The number of anilines is 2. The van der Waals surface area contributed by atoms with E-state index < -0.39 is 4.92 Å². The number of halogens is 1. The van der Waals surface area contributed by atoms with Crippen molar-refractivity contribution in [3.05, 3.63) is 62.7 Å². The maximum Gasteiger partial charge on any atom is 0.271 e.